The van der Waals surface area contributed by atoms with E-state index in [2.05, 4.69) is 20.8 Å². The van der Waals surface area contributed by atoms with Crippen LogP contribution < -0.4 is 0 Å². The molecule has 0 heterocycles. The summed E-state index contributed by atoms with van der Waals surface area (Å²) in [5.41, 5.74) is 26.6. The van der Waals surface area contributed by atoms with E-state index in [1.54, 1.807) is 12.8 Å². The number of rotatable bonds is 0. The lowest BCUT2D eigenvalue weighted by Crippen LogP contribution is -3.65. The molecule has 264 valence electrons. The molecule has 38 fully saturated rings. The van der Waals surface area contributed by atoms with Crippen LogP contribution >= 0.6 is 0 Å². The maximum absolute atomic E-state index is 9.46. The zero-order chi connectivity index (χ0) is 32.8. The monoisotopic (exact) mass is 720 g/mol. The van der Waals surface area contributed by atoms with Crippen molar-refractivity contribution in [2.75, 3.05) is 0 Å². The van der Waals surface area contributed by atoms with Gasteiger partial charge in [0, 0.05) is 0 Å². The van der Waals surface area contributed by atoms with Gasteiger partial charge in [-0.15, -0.1) is 0 Å². The lowest BCUT2D eigenvalue weighted by molar-refractivity contribution is -1.22. The second-order valence-electron chi connectivity index (χ2n) is 36.3. The molecule has 38 saturated carbocycles. The second kappa shape index (κ2) is 3.02. The largest absolute Gasteiger partial charge is 0.0758 e. The molecule has 0 saturated heterocycles. The van der Waals surface area contributed by atoms with Crippen molar-refractivity contribution in [3.05, 3.63) is 0 Å². The van der Waals surface area contributed by atoms with E-state index in [0.717, 1.165) is 170 Å². The van der Waals surface area contributed by atoms with E-state index >= 15 is 0 Å². The third kappa shape index (κ3) is 0.446. The Morgan fingerprint density at radius 2 is 1.02 bits per heavy atom. The molecule has 0 aromatic heterocycles. The second-order valence-corrected chi connectivity index (χ2v) is 36.3. The highest BCUT2D eigenvalue weighted by Crippen LogP contribution is 3.70. The molecule has 57 heavy (non-hydrogen) atoms. The fourth-order valence-corrected chi connectivity index (χ4v) is 60.8. The Labute approximate surface area is 328 Å². The number of fused-ring (bicyclic) bond motifs is 15. The van der Waals surface area contributed by atoms with Gasteiger partial charge in [-0.2, -0.15) is 0 Å². The Kier molecular flexibility index (Phi) is 1.08. The first-order valence-corrected chi connectivity index (χ1v) is 27.7. The Balaban J connectivity index is 0.845. The molecule has 25 spiro atoms. The summed E-state index contributed by atoms with van der Waals surface area (Å²) >= 11 is 0. The zero-order valence-electron chi connectivity index (χ0n) is 32.4. The van der Waals surface area contributed by atoms with E-state index in [0.29, 0.717) is 5.31 Å². The van der Waals surface area contributed by atoms with Crippen LogP contribution in [-0.2, 0) is 0 Å². The molecule has 0 bridgehead atoms. The van der Waals surface area contributed by atoms with Crippen LogP contribution in [0.2, 0.25) is 5.31 Å². The van der Waals surface area contributed by atoms with Gasteiger partial charge in [0.25, 0.3) is 0 Å². The molecule has 0 aliphatic heterocycles. The van der Waals surface area contributed by atoms with Gasteiger partial charge in [0.1, 0.15) is 0 Å². The summed E-state index contributed by atoms with van der Waals surface area (Å²) in [4.78, 5) is 0. The van der Waals surface area contributed by atoms with E-state index in [1.807, 2.05) is 6.42 Å². The Hall–Kier alpha value is 0.0649. The highest BCUT2D eigenvalue weighted by molar-refractivity contribution is 6.22. The van der Waals surface area contributed by atoms with Crippen molar-refractivity contribution < 1.29 is 0 Å². The summed E-state index contributed by atoms with van der Waals surface area (Å²) in [6.45, 7) is 9.39. The molecule has 38 aliphatic rings. The summed E-state index contributed by atoms with van der Waals surface area (Å²) in [5.74, 6) is 27.7. The molecule has 50 atom stereocenters. The smallest absolute Gasteiger partial charge is 0.0617 e. The SMILES string of the molecule is [B]C12C3CC4C5C6C7CC8C9C%10C%11C%12%13C%10%14C9%10C78C67C56C4C4C35C3C8C1C19C%15%16C2C2CC%17C%18C%19[C@@H](C)C%20(C)C%21C%22C%23%24C%21%25C%19%20C%18(C%172%15)C%16%25C1%23C1(C89C32C53C46C7%10C%143C2%121)C%24%13[C@]%22%11C. The van der Waals surface area contributed by atoms with E-state index in [-0.39, 0.29) is 0 Å². The van der Waals surface area contributed by atoms with Crippen molar-refractivity contribution in [1.82, 2.24) is 0 Å². The Morgan fingerprint density at radius 3 is 1.91 bits per heavy atom. The van der Waals surface area contributed by atoms with Gasteiger partial charge < -0.3 is 0 Å². The minimum absolute atomic E-state index is 0.357. The molecular formula is C56H37B. The van der Waals surface area contributed by atoms with Crippen molar-refractivity contribution >= 4 is 7.85 Å². The molecular weight excluding hydrogens is 683 g/mol. The van der Waals surface area contributed by atoms with Gasteiger partial charge in [0.05, 0.1) is 7.85 Å². The molecule has 38 rings (SSSR count). The van der Waals surface area contributed by atoms with Crippen molar-refractivity contribution in [1.29, 1.82) is 0 Å². The first kappa shape index (κ1) is 20.3. The predicted octanol–water partition coefficient (Wildman–Crippen LogP) is 5.25. The molecule has 1 heteroatoms. The normalized spacial score (nSPS) is 137. The van der Waals surface area contributed by atoms with E-state index in [9.17, 15) is 7.85 Å². The lowest BCUT2D eigenvalue weighted by atomic mass is 8.36. The molecule has 0 N–H and O–H groups in total. The van der Waals surface area contributed by atoms with Crippen LogP contribution in [0.4, 0.5) is 0 Å². The van der Waals surface area contributed by atoms with Gasteiger partial charge in [-0.1, -0.05) is 26.1 Å². The highest BCUT2D eigenvalue weighted by Gasteiger charge is 3.69. The fraction of sp³-hybridized carbons (Fsp3) is 1.00. The van der Waals surface area contributed by atoms with Crippen LogP contribution in [0, 0.1) is 276 Å². The minimum atomic E-state index is 0.357. The molecule has 48 unspecified atom stereocenters. The number of hydrogen-bond acceptors (Lipinski definition) is 0. The Morgan fingerprint density at radius 1 is 0.368 bits per heavy atom. The van der Waals surface area contributed by atoms with Gasteiger partial charge in [-0.25, -0.2) is 0 Å². The minimum Gasteiger partial charge on any atom is -0.0617 e. The van der Waals surface area contributed by atoms with Crippen LogP contribution in [0.25, 0.3) is 0 Å². The van der Waals surface area contributed by atoms with Gasteiger partial charge in [0.2, 0.25) is 0 Å². The van der Waals surface area contributed by atoms with Gasteiger partial charge in [-0.3, -0.25) is 0 Å². The lowest BCUT2D eigenvalue weighted by Gasteiger charge is -3.66. The van der Waals surface area contributed by atoms with E-state index < -0.39 is 0 Å². The molecule has 0 aromatic carbocycles. The standard InChI is InChI=1S/C56H37B/c1-7-14-17-11-6-12-22-32(57)13-4-8-15-18-9-5-10-19-20-23-30(3)28-27-29(7,2)36(14)38(17)34(11,12)42(22)44-26(32)21-25-31(13)24-16(8)35(15)37(18)33(9,10)39(19)40(20)46(23)49(30)48(28)45(27,36)52(38,42)53(44,48)55(49)41(21,44)47(25)50(31)43(24,35)51(37,39)56(40,50)54(46,47)55/h7-28H,4-6H2,1-3H3/t7-,8?,9?,10?,11?,12?,13?,14?,15?,16?,17?,18?,19?,20?,21?,22?,23?,24?,25?,26?,27?,28?,29?,30+,31?,32?,33?,34?,35?,36?,37?,38?,39?,40?,41?,42?,43?,44?,45?,46?,47?,48?,49?,50?,51?,52?,53?,54?,55?,56?/m1/s1. The average molecular weight is 721 g/mol. The first-order chi connectivity index (χ1) is 27.9. The zero-order valence-corrected chi connectivity index (χ0v) is 32.4. The van der Waals surface area contributed by atoms with Gasteiger partial charge in [-0.05, 0) is 296 Å². The summed E-state index contributed by atoms with van der Waals surface area (Å²) in [7, 11) is 9.46. The molecule has 38 aliphatic carbocycles. The molecule has 0 aromatic rings. The van der Waals surface area contributed by atoms with Crippen molar-refractivity contribution in [3.63, 3.8) is 0 Å². The Bertz CT molecular complexity index is 3750. The molecule has 0 nitrogen and oxygen atoms in total. The van der Waals surface area contributed by atoms with Crippen LogP contribution in [0.15, 0.2) is 0 Å². The van der Waals surface area contributed by atoms with E-state index in [1.165, 1.54) is 107 Å². The predicted molar refractivity (Wildman–Crippen MR) is 182 cm³/mol. The quantitative estimate of drug-likeness (QED) is 0.301. The molecule has 2 radical (unpaired) electrons. The summed E-state index contributed by atoms with van der Waals surface area (Å²) in [5, 5.41) is 0.357. The highest BCUT2D eigenvalue weighted by atomic mass is 15.7. The number of hydrogen-bond donors (Lipinski definition) is 0. The van der Waals surface area contributed by atoms with E-state index in [4.69, 9.17) is 0 Å². The maximum atomic E-state index is 9.46. The van der Waals surface area contributed by atoms with Gasteiger partial charge >= 0.3 is 0 Å². The van der Waals surface area contributed by atoms with Crippen LogP contribution in [0.3, 0.4) is 0 Å². The third-order valence-corrected chi connectivity index (χ3v) is 48.0. The molecule has 0 amide bonds. The van der Waals surface area contributed by atoms with Crippen molar-refractivity contribution in [2.24, 2.45) is 276 Å². The summed E-state index contributed by atoms with van der Waals surface area (Å²) in [6, 6.07) is 0. The summed E-state index contributed by atoms with van der Waals surface area (Å²) < 4.78 is 0. The fourth-order valence-electron chi connectivity index (χ4n) is 60.8. The van der Waals surface area contributed by atoms with Crippen molar-refractivity contribution in [3.8, 4) is 0 Å². The van der Waals surface area contributed by atoms with Crippen LogP contribution in [-0.4, -0.2) is 7.85 Å². The maximum Gasteiger partial charge on any atom is 0.0758 e. The summed E-state index contributed by atoms with van der Waals surface area (Å²) in [6.07, 6.45) is 5.37. The average Bonchev–Trinajstić information content (AvgIpc) is 3.25. The van der Waals surface area contributed by atoms with Crippen molar-refractivity contribution in [2.45, 2.75) is 45.3 Å². The van der Waals surface area contributed by atoms with Crippen LogP contribution in [0.5, 0.6) is 0 Å². The first-order valence-electron chi connectivity index (χ1n) is 27.7. The van der Waals surface area contributed by atoms with Gasteiger partial charge in [0.15, 0.2) is 0 Å². The topological polar surface area (TPSA) is 0 Å². The van der Waals surface area contributed by atoms with Crippen LogP contribution in [0.1, 0.15) is 40.0 Å². The third-order valence-electron chi connectivity index (χ3n) is 48.0.